The van der Waals surface area contributed by atoms with Crippen LogP contribution in [0.5, 0.6) is 0 Å². The van der Waals surface area contributed by atoms with Crippen molar-refractivity contribution in [3.63, 3.8) is 0 Å². The highest BCUT2D eigenvalue weighted by Crippen LogP contribution is 2.20. The fourth-order valence-electron chi connectivity index (χ4n) is 1.28. The summed E-state index contributed by atoms with van der Waals surface area (Å²) in [6.45, 7) is 1.86. The summed E-state index contributed by atoms with van der Waals surface area (Å²) in [5, 5.41) is 0.423. The minimum Gasteiger partial charge on any atom is -0.376 e. The zero-order valence-electron chi connectivity index (χ0n) is 8.19. The van der Waals surface area contributed by atoms with Gasteiger partial charge in [-0.05, 0) is 12.1 Å². The molecule has 1 aliphatic heterocycles. The molecule has 1 fully saturated rings. The Bertz CT molecular complexity index is 318. The van der Waals surface area contributed by atoms with E-state index in [0.717, 1.165) is 0 Å². The highest BCUT2D eigenvalue weighted by Gasteiger charge is 2.15. The summed E-state index contributed by atoms with van der Waals surface area (Å²) in [6.07, 6.45) is 1.63. The third-order valence-corrected chi connectivity index (χ3v) is 3.13. The van der Waals surface area contributed by atoms with Gasteiger partial charge in [0.15, 0.2) is 5.82 Å². The minimum absolute atomic E-state index is 0.0464. The Morgan fingerprint density at radius 1 is 1.53 bits per heavy atom. The molecule has 1 aromatic heterocycles. The van der Waals surface area contributed by atoms with Gasteiger partial charge in [0.1, 0.15) is 5.03 Å². The molecule has 0 amide bonds. The molecule has 1 atom stereocenters. The van der Waals surface area contributed by atoms with Gasteiger partial charge in [-0.1, -0.05) is 0 Å². The van der Waals surface area contributed by atoms with Crippen LogP contribution in [0.1, 0.15) is 0 Å². The van der Waals surface area contributed by atoms with Gasteiger partial charge in [0.05, 0.1) is 25.9 Å². The van der Waals surface area contributed by atoms with Gasteiger partial charge >= 0.3 is 0 Å². The van der Waals surface area contributed by atoms with Crippen LogP contribution in [-0.2, 0) is 9.47 Å². The molecule has 0 aliphatic carbocycles. The Kier molecular flexibility index (Phi) is 3.94. The van der Waals surface area contributed by atoms with Gasteiger partial charge in [0.25, 0.3) is 0 Å². The molecule has 0 bridgehead atoms. The number of nitrogens with zero attached hydrogens (tertiary/aromatic N) is 1. The maximum Gasteiger partial charge on any atom is 0.155 e. The van der Waals surface area contributed by atoms with E-state index in [1.165, 1.54) is 17.8 Å². The van der Waals surface area contributed by atoms with E-state index >= 15 is 0 Å². The molecule has 3 nitrogen and oxygen atoms in total. The highest BCUT2D eigenvalue weighted by molar-refractivity contribution is 7.99. The van der Waals surface area contributed by atoms with E-state index in [1.807, 2.05) is 0 Å². The molecule has 2 rings (SSSR count). The van der Waals surface area contributed by atoms with Crippen molar-refractivity contribution in [2.24, 2.45) is 0 Å². The second kappa shape index (κ2) is 5.44. The van der Waals surface area contributed by atoms with Crippen molar-refractivity contribution in [3.8, 4) is 0 Å². The largest absolute Gasteiger partial charge is 0.376 e. The molecule has 82 valence electrons. The molecule has 1 unspecified atom stereocenters. The third kappa shape index (κ3) is 3.15. The van der Waals surface area contributed by atoms with Crippen molar-refractivity contribution in [1.82, 2.24) is 4.98 Å². The molecular weight excluding hydrogens is 217 g/mol. The first kappa shape index (κ1) is 10.9. The maximum atomic E-state index is 13.2. The van der Waals surface area contributed by atoms with Crippen LogP contribution < -0.4 is 0 Å². The molecule has 2 heterocycles. The second-order valence-electron chi connectivity index (χ2n) is 3.17. The normalized spacial score (nSPS) is 21.5. The van der Waals surface area contributed by atoms with Crippen molar-refractivity contribution in [2.75, 3.05) is 25.6 Å². The van der Waals surface area contributed by atoms with Gasteiger partial charge in [-0.3, -0.25) is 0 Å². The Hall–Kier alpha value is -0.650. The van der Waals surface area contributed by atoms with Crippen LogP contribution in [0.4, 0.5) is 4.39 Å². The summed E-state index contributed by atoms with van der Waals surface area (Å²) in [7, 11) is 0. The molecule has 0 spiro atoms. The lowest BCUT2D eigenvalue weighted by Crippen LogP contribution is -2.30. The van der Waals surface area contributed by atoms with E-state index < -0.39 is 0 Å². The SMILES string of the molecule is Fc1cccnc1SCC1COCCO1. The second-order valence-corrected chi connectivity index (χ2v) is 4.18. The van der Waals surface area contributed by atoms with Crippen molar-refractivity contribution in [1.29, 1.82) is 0 Å². The van der Waals surface area contributed by atoms with Gasteiger partial charge < -0.3 is 9.47 Å². The number of hydrogen-bond donors (Lipinski definition) is 0. The zero-order valence-corrected chi connectivity index (χ0v) is 9.00. The predicted octanol–water partition coefficient (Wildman–Crippen LogP) is 1.73. The maximum absolute atomic E-state index is 13.2. The number of rotatable bonds is 3. The summed E-state index contributed by atoms with van der Waals surface area (Å²) in [6, 6.07) is 2.99. The quantitative estimate of drug-likeness (QED) is 0.739. The highest BCUT2D eigenvalue weighted by atomic mass is 32.2. The number of pyridine rings is 1. The Labute approximate surface area is 92.0 Å². The van der Waals surface area contributed by atoms with Crippen molar-refractivity contribution in [3.05, 3.63) is 24.1 Å². The van der Waals surface area contributed by atoms with Gasteiger partial charge in [-0.15, -0.1) is 11.8 Å². The molecule has 1 saturated heterocycles. The standard InChI is InChI=1S/C10H12FNO2S/c11-9-2-1-3-12-10(9)15-7-8-6-13-4-5-14-8/h1-3,8H,4-7H2. The molecule has 0 N–H and O–H groups in total. The van der Waals surface area contributed by atoms with Crippen LogP contribution >= 0.6 is 11.8 Å². The molecular formula is C10H12FNO2S. The summed E-state index contributed by atoms with van der Waals surface area (Å²) >= 11 is 1.36. The van der Waals surface area contributed by atoms with E-state index in [4.69, 9.17) is 9.47 Å². The smallest absolute Gasteiger partial charge is 0.155 e. The fourth-order valence-corrected chi connectivity index (χ4v) is 2.16. The first-order chi connectivity index (χ1) is 7.36. The van der Waals surface area contributed by atoms with Gasteiger partial charge in [-0.2, -0.15) is 0 Å². The molecule has 5 heteroatoms. The van der Waals surface area contributed by atoms with E-state index in [1.54, 1.807) is 12.3 Å². The fraction of sp³-hybridized carbons (Fsp3) is 0.500. The van der Waals surface area contributed by atoms with E-state index in [9.17, 15) is 4.39 Å². The first-order valence-electron chi connectivity index (χ1n) is 4.79. The van der Waals surface area contributed by atoms with E-state index in [0.29, 0.717) is 30.6 Å². The number of thioether (sulfide) groups is 1. The third-order valence-electron chi connectivity index (χ3n) is 2.02. The lowest BCUT2D eigenvalue weighted by atomic mass is 10.4. The topological polar surface area (TPSA) is 31.4 Å². The van der Waals surface area contributed by atoms with Crippen LogP contribution in [0.3, 0.4) is 0 Å². The number of hydrogen-bond acceptors (Lipinski definition) is 4. The summed E-state index contributed by atoms with van der Waals surface area (Å²) in [5.74, 6) is 0.396. The summed E-state index contributed by atoms with van der Waals surface area (Å²) < 4.78 is 23.9. The van der Waals surface area contributed by atoms with E-state index in [2.05, 4.69) is 4.98 Å². The van der Waals surface area contributed by atoms with Crippen LogP contribution in [0, 0.1) is 5.82 Å². The lowest BCUT2D eigenvalue weighted by Gasteiger charge is -2.22. The van der Waals surface area contributed by atoms with Crippen molar-refractivity contribution >= 4 is 11.8 Å². The lowest BCUT2D eigenvalue weighted by molar-refractivity contribution is -0.0776. The van der Waals surface area contributed by atoms with Crippen LogP contribution in [0.25, 0.3) is 0 Å². The number of aromatic nitrogens is 1. The van der Waals surface area contributed by atoms with Gasteiger partial charge in [-0.25, -0.2) is 9.37 Å². The van der Waals surface area contributed by atoms with Crippen LogP contribution in [0.2, 0.25) is 0 Å². The monoisotopic (exact) mass is 229 g/mol. The van der Waals surface area contributed by atoms with Crippen LogP contribution in [0.15, 0.2) is 23.4 Å². The molecule has 1 aliphatic rings. The minimum atomic E-state index is -0.278. The predicted molar refractivity (Wildman–Crippen MR) is 55.5 cm³/mol. The van der Waals surface area contributed by atoms with E-state index in [-0.39, 0.29) is 11.9 Å². The Morgan fingerprint density at radius 2 is 2.47 bits per heavy atom. The van der Waals surface area contributed by atoms with Crippen molar-refractivity contribution in [2.45, 2.75) is 11.1 Å². The zero-order chi connectivity index (χ0) is 10.5. The first-order valence-corrected chi connectivity index (χ1v) is 5.77. The molecule has 1 aromatic rings. The number of halogens is 1. The van der Waals surface area contributed by atoms with Crippen LogP contribution in [-0.4, -0.2) is 36.7 Å². The van der Waals surface area contributed by atoms with Crippen molar-refractivity contribution < 1.29 is 13.9 Å². The average molecular weight is 229 g/mol. The molecule has 0 saturated carbocycles. The molecule has 0 aromatic carbocycles. The average Bonchev–Trinajstić information content (AvgIpc) is 2.29. The Balaban J connectivity index is 1.84. The molecule has 0 radical (unpaired) electrons. The summed E-state index contributed by atoms with van der Waals surface area (Å²) in [5.41, 5.74) is 0. The molecule has 15 heavy (non-hydrogen) atoms. The van der Waals surface area contributed by atoms with Gasteiger partial charge in [0, 0.05) is 11.9 Å². The van der Waals surface area contributed by atoms with Gasteiger partial charge in [0.2, 0.25) is 0 Å². The summed E-state index contributed by atoms with van der Waals surface area (Å²) in [4.78, 5) is 3.95. The Morgan fingerprint density at radius 3 is 3.20 bits per heavy atom. The number of ether oxygens (including phenoxy) is 2.